The van der Waals surface area contributed by atoms with Crippen LogP contribution in [0.4, 0.5) is 5.82 Å². The lowest BCUT2D eigenvalue weighted by atomic mass is 10.2. The Morgan fingerprint density at radius 2 is 1.69 bits per heavy atom. The molecule has 1 aromatic heterocycles. The molecule has 0 atom stereocenters. The van der Waals surface area contributed by atoms with Crippen LogP contribution in [0.5, 0.6) is 0 Å². The van der Waals surface area contributed by atoms with E-state index in [0.29, 0.717) is 18.9 Å². The summed E-state index contributed by atoms with van der Waals surface area (Å²) in [6, 6.07) is 17.4. The van der Waals surface area contributed by atoms with Crippen molar-refractivity contribution < 1.29 is 13.2 Å². The zero-order chi connectivity index (χ0) is 20.3. The third kappa shape index (κ3) is 4.23. The third-order valence-electron chi connectivity index (χ3n) is 4.90. The molecule has 0 saturated carbocycles. The lowest BCUT2D eigenvalue weighted by Crippen LogP contribution is -2.35. The van der Waals surface area contributed by atoms with E-state index in [1.54, 1.807) is 29.1 Å². The van der Waals surface area contributed by atoms with Gasteiger partial charge in [-0.1, -0.05) is 30.7 Å². The summed E-state index contributed by atoms with van der Waals surface area (Å²) in [5.41, 5.74) is 1.15. The Morgan fingerprint density at radius 3 is 2.45 bits per heavy atom. The highest BCUT2D eigenvalue weighted by molar-refractivity contribution is 7.89. The lowest BCUT2D eigenvalue weighted by molar-refractivity contribution is 0.102. The number of aromatic nitrogens is 2. The van der Waals surface area contributed by atoms with Crippen LogP contribution in [0.3, 0.4) is 0 Å². The number of carbonyl (C=O) groups excluding carboxylic acids is 1. The molecule has 1 fully saturated rings. The Labute approximate surface area is 170 Å². The summed E-state index contributed by atoms with van der Waals surface area (Å²) >= 11 is 0. The molecule has 0 unspecified atom stereocenters. The molecule has 1 N–H and O–H groups in total. The minimum atomic E-state index is -3.59. The van der Waals surface area contributed by atoms with E-state index in [-0.39, 0.29) is 10.5 Å². The maximum Gasteiger partial charge on any atom is 0.256 e. The number of para-hydroxylation sites is 1. The van der Waals surface area contributed by atoms with Crippen LogP contribution in [0.15, 0.2) is 71.8 Å². The number of nitrogens with one attached hydrogen (secondary N) is 1. The van der Waals surface area contributed by atoms with Gasteiger partial charge < -0.3 is 5.32 Å². The van der Waals surface area contributed by atoms with E-state index in [4.69, 9.17) is 0 Å². The van der Waals surface area contributed by atoms with Crippen molar-refractivity contribution in [3.63, 3.8) is 0 Å². The minimum absolute atomic E-state index is 0.141. The molecule has 2 heterocycles. The van der Waals surface area contributed by atoms with Gasteiger partial charge in [-0.05, 0) is 43.2 Å². The molecule has 4 rings (SSSR count). The summed E-state index contributed by atoms with van der Waals surface area (Å²) in [6.07, 6.45) is 4.53. The molecule has 150 valence electrons. The molecule has 1 saturated heterocycles. The Kier molecular flexibility index (Phi) is 5.46. The quantitative estimate of drug-likeness (QED) is 0.699. The van der Waals surface area contributed by atoms with E-state index >= 15 is 0 Å². The second kappa shape index (κ2) is 8.18. The average molecular weight is 410 g/mol. The minimum Gasteiger partial charge on any atom is -0.305 e. The second-order valence-corrected chi connectivity index (χ2v) is 8.87. The summed E-state index contributed by atoms with van der Waals surface area (Å²) in [5, 5.41) is 7.08. The third-order valence-corrected chi connectivity index (χ3v) is 6.80. The molecule has 1 aliphatic heterocycles. The van der Waals surface area contributed by atoms with E-state index in [1.807, 2.05) is 30.3 Å². The smallest absolute Gasteiger partial charge is 0.256 e. The first-order valence-corrected chi connectivity index (χ1v) is 11.0. The first-order valence-electron chi connectivity index (χ1n) is 9.57. The van der Waals surface area contributed by atoms with Crippen molar-refractivity contribution in [2.24, 2.45) is 0 Å². The summed E-state index contributed by atoms with van der Waals surface area (Å²) < 4.78 is 28.9. The Balaban J connectivity index is 1.51. The molecule has 0 radical (unpaired) electrons. The lowest BCUT2D eigenvalue weighted by Gasteiger charge is -2.26. The predicted molar refractivity (Wildman–Crippen MR) is 111 cm³/mol. The summed E-state index contributed by atoms with van der Waals surface area (Å²) in [6.45, 7) is 1.05. The van der Waals surface area contributed by atoms with Gasteiger partial charge in [-0.2, -0.15) is 9.40 Å². The fraction of sp³-hybridized carbons (Fsp3) is 0.238. The van der Waals surface area contributed by atoms with E-state index in [9.17, 15) is 13.2 Å². The van der Waals surface area contributed by atoms with Crippen LogP contribution in [-0.4, -0.2) is 41.5 Å². The van der Waals surface area contributed by atoms with E-state index < -0.39 is 15.9 Å². The van der Waals surface area contributed by atoms with Crippen molar-refractivity contribution in [1.82, 2.24) is 14.1 Å². The molecule has 1 aliphatic rings. The molecule has 2 aromatic carbocycles. The van der Waals surface area contributed by atoms with Crippen molar-refractivity contribution in [2.45, 2.75) is 24.2 Å². The number of nitrogens with zero attached hydrogens (tertiary/aromatic N) is 3. The molecule has 0 spiro atoms. The van der Waals surface area contributed by atoms with Gasteiger partial charge in [0, 0.05) is 30.9 Å². The van der Waals surface area contributed by atoms with Crippen LogP contribution in [0.25, 0.3) is 5.69 Å². The molecule has 29 heavy (non-hydrogen) atoms. The SMILES string of the molecule is O=C(Nc1ccn(-c2ccccc2)n1)c1cccc(S(=O)(=O)N2CCCCC2)c1. The highest BCUT2D eigenvalue weighted by Gasteiger charge is 2.26. The highest BCUT2D eigenvalue weighted by Crippen LogP contribution is 2.21. The molecule has 0 aliphatic carbocycles. The largest absolute Gasteiger partial charge is 0.305 e. The summed E-state index contributed by atoms with van der Waals surface area (Å²) in [5.74, 6) is -0.0119. The number of anilines is 1. The van der Waals surface area contributed by atoms with Crippen molar-refractivity contribution in [3.05, 3.63) is 72.4 Å². The van der Waals surface area contributed by atoms with Crippen LogP contribution < -0.4 is 5.32 Å². The molecule has 0 bridgehead atoms. The fourth-order valence-corrected chi connectivity index (χ4v) is 4.92. The second-order valence-electron chi connectivity index (χ2n) is 6.93. The molecule has 1 amide bonds. The van der Waals surface area contributed by atoms with Gasteiger partial charge in [0.2, 0.25) is 10.0 Å². The topological polar surface area (TPSA) is 84.3 Å². The monoisotopic (exact) mass is 410 g/mol. The van der Waals surface area contributed by atoms with Crippen LogP contribution in [-0.2, 0) is 10.0 Å². The van der Waals surface area contributed by atoms with Crippen molar-refractivity contribution in [3.8, 4) is 5.69 Å². The molecule has 7 nitrogen and oxygen atoms in total. The maximum absolute atomic E-state index is 12.9. The summed E-state index contributed by atoms with van der Waals surface area (Å²) in [7, 11) is -3.59. The molecular weight excluding hydrogens is 388 g/mol. The zero-order valence-corrected chi connectivity index (χ0v) is 16.7. The van der Waals surface area contributed by atoms with Gasteiger partial charge in [-0.15, -0.1) is 0 Å². The Bertz CT molecular complexity index is 1100. The first kappa shape index (κ1) is 19.4. The van der Waals surface area contributed by atoms with Gasteiger partial charge in [0.25, 0.3) is 5.91 Å². The number of hydrogen-bond acceptors (Lipinski definition) is 4. The van der Waals surface area contributed by atoms with Crippen LogP contribution in [0.2, 0.25) is 0 Å². The van der Waals surface area contributed by atoms with Gasteiger partial charge in [-0.25, -0.2) is 13.1 Å². The van der Waals surface area contributed by atoms with E-state index in [0.717, 1.165) is 24.9 Å². The maximum atomic E-state index is 12.9. The molecule has 8 heteroatoms. The number of amides is 1. The van der Waals surface area contributed by atoms with Gasteiger partial charge in [-0.3, -0.25) is 4.79 Å². The molecular formula is C21H22N4O3S. The Hall–Kier alpha value is -2.97. The van der Waals surface area contributed by atoms with Crippen molar-refractivity contribution in [1.29, 1.82) is 0 Å². The highest BCUT2D eigenvalue weighted by atomic mass is 32.2. The van der Waals surface area contributed by atoms with Crippen LogP contribution in [0, 0.1) is 0 Å². The van der Waals surface area contributed by atoms with E-state index in [2.05, 4.69) is 10.4 Å². The molecule has 3 aromatic rings. The standard InChI is InChI=1S/C21H22N4O3S/c26-21(22-20-12-15-25(23-20)18-9-3-1-4-10-18)17-8-7-11-19(16-17)29(27,28)24-13-5-2-6-14-24/h1,3-4,7-12,15-16H,2,5-6,13-14H2,(H,22,23,26). The van der Waals surface area contributed by atoms with Gasteiger partial charge in [0.05, 0.1) is 10.6 Å². The summed E-state index contributed by atoms with van der Waals surface area (Å²) in [4.78, 5) is 12.8. The number of carbonyl (C=O) groups is 1. The van der Waals surface area contributed by atoms with E-state index in [1.165, 1.54) is 16.4 Å². The van der Waals surface area contributed by atoms with Gasteiger partial charge in [0.15, 0.2) is 5.82 Å². The average Bonchev–Trinajstić information content (AvgIpc) is 3.23. The normalized spacial score (nSPS) is 15.2. The van der Waals surface area contributed by atoms with Crippen LogP contribution >= 0.6 is 0 Å². The fourth-order valence-electron chi connectivity index (χ4n) is 3.36. The van der Waals surface area contributed by atoms with Crippen molar-refractivity contribution in [2.75, 3.05) is 18.4 Å². The number of rotatable bonds is 5. The zero-order valence-electron chi connectivity index (χ0n) is 15.9. The number of hydrogen-bond donors (Lipinski definition) is 1. The Morgan fingerprint density at radius 1 is 0.931 bits per heavy atom. The van der Waals surface area contributed by atoms with Gasteiger partial charge >= 0.3 is 0 Å². The van der Waals surface area contributed by atoms with Crippen LogP contribution in [0.1, 0.15) is 29.6 Å². The van der Waals surface area contributed by atoms with Crippen molar-refractivity contribution >= 4 is 21.7 Å². The number of sulfonamides is 1. The van der Waals surface area contributed by atoms with Gasteiger partial charge in [0.1, 0.15) is 0 Å². The first-order chi connectivity index (χ1) is 14.0. The number of benzene rings is 2. The number of piperidine rings is 1. The predicted octanol–water partition coefficient (Wildman–Crippen LogP) is 3.30.